The van der Waals surface area contributed by atoms with E-state index in [2.05, 4.69) is 4.90 Å². The van der Waals surface area contributed by atoms with E-state index in [1.54, 1.807) is 19.2 Å². The first-order valence-electron chi connectivity index (χ1n) is 8.45. The van der Waals surface area contributed by atoms with Crippen LogP contribution < -0.4 is 4.74 Å². The van der Waals surface area contributed by atoms with Gasteiger partial charge in [-0.1, -0.05) is 18.6 Å². The van der Waals surface area contributed by atoms with Gasteiger partial charge in [-0.3, -0.25) is 4.90 Å². The number of rotatable bonds is 4. The molecule has 1 aliphatic carbocycles. The minimum Gasteiger partial charge on any atom is -0.496 e. The van der Waals surface area contributed by atoms with Crippen molar-refractivity contribution in [2.24, 2.45) is 0 Å². The van der Waals surface area contributed by atoms with Crippen LogP contribution in [0.15, 0.2) is 24.3 Å². The van der Waals surface area contributed by atoms with E-state index in [1.165, 1.54) is 6.42 Å². The number of methoxy groups -OCH3 is 1. The van der Waals surface area contributed by atoms with Gasteiger partial charge in [0.1, 0.15) is 17.4 Å². The van der Waals surface area contributed by atoms with Crippen LogP contribution in [0.4, 0.5) is 0 Å². The van der Waals surface area contributed by atoms with Gasteiger partial charge in [0, 0.05) is 19.1 Å². The molecule has 0 unspecified atom stereocenters. The maximum absolute atomic E-state index is 12.6. The Hall–Kier alpha value is -1.59. The molecule has 5 heteroatoms. The summed E-state index contributed by atoms with van der Waals surface area (Å²) in [5.74, 6) is 0.281. The Morgan fingerprint density at radius 3 is 2.70 bits per heavy atom. The molecule has 0 aromatic heterocycles. The number of morpholine rings is 1. The van der Waals surface area contributed by atoms with Gasteiger partial charge in [-0.2, -0.15) is 0 Å². The van der Waals surface area contributed by atoms with E-state index in [9.17, 15) is 4.79 Å². The average molecular weight is 319 g/mol. The average Bonchev–Trinajstić information content (AvgIpc) is 2.63. The van der Waals surface area contributed by atoms with Gasteiger partial charge in [-0.15, -0.1) is 0 Å². The van der Waals surface area contributed by atoms with Gasteiger partial charge in [0.15, 0.2) is 0 Å². The SMILES string of the molecule is COc1ccccc1C(=O)O[C@@H]1CCCC[C@H]1N1CCOCC1. The molecule has 1 aromatic carbocycles. The van der Waals surface area contributed by atoms with Gasteiger partial charge in [-0.05, 0) is 31.4 Å². The highest BCUT2D eigenvalue weighted by Gasteiger charge is 2.34. The second-order valence-electron chi connectivity index (χ2n) is 6.14. The van der Waals surface area contributed by atoms with Crippen molar-refractivity contribution >= 4 is 5.97 Å². The van der Waals surface area contributed by atoms with Crippen LogP contribution in [0, 0.1) is 0 Å². The maximum atomic E-state index is 12.6. The van der Waals surface area contributed by atoms with Crippen LogP contribution in [-0.2, 0) is 9.47 Å². The van der Waals surface area contributed by atoms with E-state index in [4.69, 9.17) is 14.2 Å². The standard InChI is InChI=1S/C18H25NO4/c1-21-16-8-4-2-6-14(16)18(20)23-17-9-5-3-7-15(17)19-10-12-22-13-11-19/h2,4,6,8,15,17H,3,5,7,9-13H2,1H3/t15-,17-/m1/s1. The highest BCUT2D eigenvalue weighted by atomic mass is 16.5. The van der Waals surface area contributed by atoms with Crippen LogP contribution in [0.1, 0.15) is 36.0 Å². The number of benzene rings is 1. The molecule has 1 saturated carbocycles. The van der Waals surface area contributed by atoms with Crippen molar-refractivity contribution < 1.29 is 19.0 Å². The lowest BCUT2D eigenvalue weighted by Crippen LogP contribution is -2.51. The fourth-order valence-electron chi connectivity index (χ4n) is 3.56. The monoisotopic (exact) mass is 319 g/mol. The minimum absolute atomic E-state index is 0.0423. The molecule has 0 amide bonds. The fourth-order valence-corrected chi connectivity index (χ4v) is 3.56. The van der Waals surface area contributed by atoms with E-state index in [-0.39, 0.29) is 12.1 Å². The molecule has 2 aliphatic rings. The number of carbonyl (C=O) groups is 1. The molecule has 126 valence electrons. The summed E-state index contributed by atoms with van der Waals surface area (Å²) in [4.78, 5) is 15.0. The Kier molecular flexibility index (Phi) is 5.51. The van der Waals surface area contributed by atoms with Gasteiger partial charge in [0.05, 0.1) is 20.3 Å². The third-order valence-corrected chi connectivity index (χ3v) is 4.77. The number of esters is 1. The van der Waals surface area contributed by atoms with Gasteiger partial charge >= 0.3 is 5.97 Å². The number of hydrogen-bond donors (Lipinski definition) is 0. The van der Waals surface area contributed by atoms with E-state index < -0.39 is 0 Å². The molecule has 1 heterocycles. The Morgan fingerprint density at radius 2 is 1.91 bits per heavy atom. The molecule has 1 aromatic rings. The number of nitrogens with zero attached hydrogens (tertiary/aromatic N) is 1. The molecule has 2 atom stereocenters. The van der Waals surface area contributed by atoms with Crippen molar-refractivity contribution in [1.29, 1.82) is 0 Å². The zero-order valence-electron chi connectivity index (χ0n) is 13.7. The third-order valence-electron chi connectivity index (χ3n) is 4.77. The summed E-state index contributed by atoms with van der Waals surface area (Å²) in [5.41, 5.74) is 0.501. The van der Waals surface area contributed by atoms with Gasteiger partial charge in [-0.25, -0.2) is 4.79 Å². The van der Waals surface area contributed by atoms with Crippen LogP contribution in [0.25, 0.3) is 0 Å². The van der Waals surface area contributed by atoms with E-state index in [1.807, 2.05) is 12.1 Å². The van der Waals surface area contributed by atoms with Crippen LogP contribution in [-0.4, -0.2) is 56.4 Å². The lowest BCUT2D eigenvalue weighted by atomic mass is 9.91. The van der Waals surface area contributed by atoms with Crippen LogP contribution in [0.3, 0.4) is 0 Å². The number of hydrogen-bond acceptors (Lipinski definition) is 5. The van der Waals surface area contributed by atoms with Crippen molar-refractivity contribution in [3.8, 4) is 5.75 Å². The molecular weight excluding hydrogens is 294 g/mol. The summed E-state index contributed by atoms with van der Waals surface area (Å²) in [7, 11) is 1.57. The van der Waals surface area contributed by atoms with Gasteiger partial charge in [0.25, 0.3) is 0 Å². The fraction of sp³-hybridized carbons (Fsp3) is 0.611. The molecule has 2 fully saturated rings. The van der Waals surface area contributed by atoms with Crippen molar-refractivity contribution in [2.75, 3.05) is 33.4 Å². The summed E-state index contributed by atoms with van der Waals surface area (Å²) < 4.78 is 16.6. The lowest BCUT2D eigenvalue weighted by molar-refractivity contribution is -0.0484. The highest BCUT2D eigenvalue weighted by Crippen LogP contribution is 2.28. The summed E-state index contributed by atoms with van der Waals surface area (Å²) in [5, 5.41) is 0. The first-order chi connectivity index (χ1) is 11.3. The summed E-state index contributed by atoms with van der Waals surface area (Å²) in [6, 6.07) is 7.54. The Labute approximate surface area is 137 Å². The Morgan fingerprint density at radius 1 is 1.17 bits per heavy atom. The molecule has 0 bridgehead atoms. The van der Waals surface area contributed by atoms with Crippen molar-refractivity contribution in [2.45, 2.75) is 37.8 Å². The molecule has 3 rings (SSSR count). The predicted octanol–water partition coefficient (Wildman–Crippen LogP) is 2.50. The van der Waals surface area contributed by atoms with E-state index >= 15 is 0 Å². The summed E-state index contributed by atoms with van der Waals surface area (Å²) in [6.07, 6.45) is 4.29. The number of carbonyl (C=O) groups excluding carboxylic acids is 1. The largest absolute Gasteiger partial charge is 0.496 e. The van der Waals surface area contributed by atoms with Crippen molar-refractivity contribution in [1.82, 2.24) is 4.90 Å². The molecule has 1 saturated heterocycles. The normalized spacial score (nSPS) is 25.8. The highest BCUT2D eigenvalue weighted by molar-refractivity contribution is 5.92. The van der Waals surface area contributed by atoms with Crippen LogP contribution in [0.5, 0.6) is 5.75 Å². The molecule has 0 N–H and O–H groups in total. The maximum Gasteiger partial charge on any atom is 0.342 e. The van der Waals surface area contributed by atoms with Crippen LogP contribution >= 0.6 is 0 Å². The van der Waals surface area contributed by atoms with Gasteiger partial charge in [0.2, 0.25) is 0 Å². The summed E-state index contributed by atoms with van der Waals surface area (Å²) >= 11 is 0. The predicted molar refractivity (Wildman–Crippen MR) is 86.8 cm³/mol. The van der Waals surface area contributed by atoms with Gasteiger partial charge < -0.3 is 14.2 Å². The second-order valence-corrected chi connectivity index (χ2v) is 6.14. The van der Waals surface area contributed by atoms with Crippen LogP contribution in [0.2, 0.25) is 0 Å². The molecule has 5 nitrogen and oxygen atoms in total. The minimum atomic E-state index is -0.285. The van der Waals surface area contributed by atoms with Crippen molar-refractivity contribution in [3.05, 3.63) is 29.8 Å². The smallest absolute Gasteiger partial charge is 0.342 e. The topological polar surface area (TPSA) is 48.0 Å². The van der Waals surface area contributed by atoms with E-state index in [0.29, 0.717) is 17.4 Å². The lowest BCUT2D eigenvalue weighted by Gasteiger charge is -2.41. The molecule has 1 aliphatic heterocycles. The molecule has 23 heavy (non-hydrogen) atoms. The Balaban J connectivity index is 1.69. The zero-order valence-corrected chi connectivity index (χ0v) is 13.7. The quantitative estimate of drug-likeness (QED) is 0.798. The van der Waals surface area contributed by atoms with E-state index in [0.717, 1.165) is 45.6 Å². The first-order valence-corrected chi connectivity index (χ1v) is 8.45. The van der Waals surface area contributed by atoms with Crippen molar-refractivity contribution in [3.63, 3.8) is 0 Å². The molecular formula is C18H25NO4. The number of ether oxygens (including phenoxy) is 3. The second kappa shape index (κ2) is 7.79. The summed E-state index contributed by atoms with van der Waals surface area (Å²) in [6.45, 7) is 3.38. The third kappa shape index (κ3) is 3.85. The Bertz CT molecular complexity index is 528. The molecule has 0 spiro atoms. The first kappa shape index (κ1) is 16.3. The number of para-hydroxylation sites is 1. The zero-order chi connectivity index (χ0) is 16.1. The molecule has 0 radical (unpaired) electrons.